The SMILES string of the molecule is CCCC(COC)NS(=O)(=O)Cc1ccccc1C#N. The molecular formula is C14H20N2O3S. The maximum absolute atomic E-state index is 12.2. The summed E-state index contributed by atoms with van der Waals surface area (Å²) in [6.07, 6.45) is 1.58. The summed E-state index contributed by atoms with van der Waals surface area (Å²) < 4.78 is 32.0. The second kappa shape index (κ2) is 8.00. The van der Waals surface area contributed by atoms with E-state index in [0.29, 0.717) is 24.2 Å². The van der Waals surface area contributed by atoms with Crippen LogP contribution in [0.4, 0.5) is 0 Å². The minimum absolute atomic E-state index is 0.194. The fourth-order valence-corrected chi connectivity index (χ4v) is 3.42. The molecule has 110 valence electrons. The number of sulfonamides is 1. The Morgan fingerprint density at radius 3 is 2.70 bits per heavy atom. The molecule has 0 saturated carbocycles. The Labute approximate surface area is 120 Å². The summed E-state index contributed by atoms with van der Waals surface area (Å²) >= 11 is 0. The predicted octanol–water partition coefficient (Wildman–Crippen LogP) is 1.79. The van der Waals surface area contributed by atoms with Crippen LogP contribution < -0.4 is 4.72 Å². The van der Waals surface area contributed by atoms with E-state index in [9.17, 15) is 8.42 Å². The normalized spacial score (nSPS) is 12.8. The van der Waals surface area contributed by atoms with Gasteiger partial charge >= 0.3 is 0 Å². The van der Waals surface area contributed by atoms with E-state index in [1.807, 2.05) is 13.0 Å². The number of hydrogen-bond donors (Lipinski definition) is 1. The Balaban J connectivity index is 2.81. The maximum atomic E-state index is 12.2. The zero-order valence-corrected chi connectivity index (χ0v) is 12.6. The van der Waals surface area contributed by atoms with Crippen LogP contribution in [0.25, 0.3) is 0 Å². The molecule has 1 atom stereocenters. The summed E-state index contributed by atoms with van der Waals surface area (Å²) in [6, 6.07) is 8.48. The van der Waals surface area contributed by atoms with Crippen LogP contribution in [-0.2, 0) is 20.5 Å². The van der Waals surface area contributed by atoms with E-state index in [1.54, 1.807) is 31.4 Å². The first kappa shape index (κ1) is 16.6. The van der Waals surface area contributed by atoms with Crippen molar-refractivity contribution in [3.63, 3.8) is 0 Å². The lowest BCUT2D eigenvalue weighted by atomic mass is 10.1. The average molecular weight is 296 g/mol. The number of hydrogen-bond acceptors (Lipinski definition) is 4. The van der Waals surface area contributed by atoms with Crippen LogP contribution in [0.5, 0.6) is 0 Å². The molecule has 5 nitrogen and oxygen atoms in total. The molecule has 1 rings (SSSR count). The van der Waals surface area contributed by atoms with Gasteiger partial charge in [-0.3, -0.25) is 0 Å². The molecule has 0 saturated heterocycles. The molecule has 0 amide bonds. The van der Waals surface area contributed by atoms with Crippen molar-refractivity contribution >= 4 is 10.0 Å². The van der Waals surface area contributed by atoms with Gasteiger partial charge in [0.25, 0.3) is 0 Å². The van der Waals surface area contributed by atoms with Gasteiger partial charge in [-0.25, -0.2) is 13.1 Å². The van der Waals surface area contributed by atoms with Crippen molar-refractivity contribution in [1.82, 2.24) is 4.72 Å². The standard InChI is InChI=1S/C14H20N2O3S/c1-3-6-14(10-19-2)16-20(17,18)11-13-8-5-4-7-12(13)9-15/h4-5,7-8,14,16H,3,6,10-11H2,1-2H3. The van der Waals surface area contributed by atoms with Crippen molar-refractivity contribution in [3.05, 3.63) is 35.4 Å². The van der Waals surface area contributed by atoms with Crippen LogP contribution in [0, 0.1) is 11.3 Å². The minimum Gasteiger partial charge on any atom is -0.383 e. The summed E-state index contributed by atoms with van der Waals surface area (Å²) in [5.74, 6) is -0.194. The molecule has 0 spiro atoms. The molecule has 0 bridgehead atoms. The van der Waals surface area contributed by atoms with Gasteiger partial charge in [0.05, 0.1) is 24.0 Å². The van der Waals surface area contributed by atoms with E-state index in [-0.39, 0.29) is 11.8 Å². The second-order valence-corrected chi connectivity index (χ2v) is 6.34. The molecule has 0 aliphatic carbocycles. The molecule has 0 aliphatic heterocycles. The summed E-state index contributed by atoms with van der Waals surface area (Å²) in [6.45, 7) is 2.33. The maximum Gasteiger partial charge on any atom is 0.216 e. The van der Waals surface area contributed by atoms with Gasteiger partial charge in [0.2, 0.25) is 10.0 Å². The van der Waals surface area contributed by atoms with Crippen LogP contribution in [0.3, 0.4) is 0 Å². The predicted molar refractivity (Wildman–Crippen MR) is 77.5 cm³/mol. The van der Waals surface area contributed by atoms with Crippen LogP contribution >= 0.6 is 0 Å². The fourth-order valence-electron chi connectivity index (χ4n) is 1.98. The Hall–Kier alpha value is -1.42. The van der Waals surface area contributed by atoms with Crippen LogP contribution in [0.2, 0.25) is 0 Å². The fraction of sp³-hybridized carbons (Fsp3) is 0.500. The van der Waals surface area contributed by atoms with E-state index < -0.39 is 10.0 Å². The van der Waals surface area contributed by atoms with Gasteiger partial charge in [0, 0.05) is 13.2 Å². The number of nitriles is 1. The van der Waals surface area contributed by atoms with E-state index in [4.69, 9.17) is 10.00 Å². The number of methoxy groups -OCH3 is 1. The number of benzene rings is 1. The summed E-state index contributed by atoms with van der Waals surface area (Å²) in [4.78, 5) is 0. The highest BCUT2D eigenvalue weighted by atomic mass is 32.2. The molecule has 1 N–H and O–H groups in total. The van der Waals surface area contributed by atoms with Crippen molar-refractivity contribution < 1.29 is 13.2 Å². The van der Waals surface area contributed by atoms with Crippen LogP contribution in [0.1, 0.15) is 30.9 Å². The minimum atomic E-state index is -3.49. The number of nitrogens with zero attached hydrogens (tertiary/aromatic N) is 1. The lowest BCUT2D eigenvalue weighted by molar-refractivity contribution is 0.171. The van der Waals surface area contributed by atoms with Gasteiger partial charge in [-0.2, -0.15) is 5.26 Å². The second-order valence-electron chi connectivity index (χ2n) is 4.59. The van der Waals surface area contributed by atoms with Gasteiger partial charge in [0.15, 0.2) is 0 Å². The van der Waals surface area contributed by atoms with E-state index in [2.05, 4.69) is 4.72 Å². The lowest BCUT2D eigenvalue weighted by Gasteiger charge is -2.17. The third kappa shape index (κ3) is 5.29. The Morgan fingerprint density at radius 1 is 1.40 bits per heavy atom. The molecule has 1 unspecified atom stereocenters. The number of nitrogens with one attached hydrogen (secondary N) is 1. The van der Waals surface area contributed by atoms with Crippen molar-refractivity contribution in [1.29, 1.82) is 5.26 Å². The Morgan fingerprint density at radius 2 is 2.10 bits per heavy atom. The average Bonchev–Trinajstić information content (AvgIpc) is 2.39. The smallest absolute Gasteiger partial charge is 0.216 e. The topological polar surface area (TPSA) is 79.2 Å². The lowest BCUT2D eigenvalue weighted by Crippen LogP contribution is -2.38. The molecule has 0 radical (unpaired) electrons. The molecule has 1 aromatic carbocycles. The van der Waals surface area contributed by atoms with Crippen LogP contribution in [0.15, 0.2) is 24.3 Å². The molecule has 0 fully saturated rings. The zero-order valence-electron chi connectivity index (χ0n) is 11.8. The summed E-state index contributed by atoms with van der Waals surface area (Å²) in [5.41, 5.74) is 0.895. The van der Waals surface area contributed by atoms with Crippen molar-refractivity contribution in [3.8, 4) is 6.07 Å². The Kier molecular flexibility index (Phi) is 6.65. The van der Waals surface area contributed by atoms with E-state index in [0.717, 1.165) is 6.42 Å². The van der Waals surface area contributed by atoms with Gasteiger partial charge < -0.3 is 4.74 Å². The van der Waals surface area contributed by atoms with Gasteiger partial charge in [0.1, 0.15) is 0 Å². The van der Waals surface area contributed by atoms with Crippen molar-refractivity contribution in [2.24, 2.45) is 0 Å². The van der Waals surface area contributed by atoms with Crippen molar-refractivity contribution in [2.45, 2.75) is 31.6 Å². The first-order chi connectivity index (χ1) is 9.52. The highest BCUT2D eigenvalue weighted by molar-refractivity contribution is 7.88. The van der Waals surface area contributed by atoms with Gasteiger partial charge in [-0.05, 0) is 18.1 Å². The molecule has 20 heavy (non-hydrogen) atoms. The number of rotatable bonds is 8. The molecule has 0 aromatic heterocycles. The monoisotopic (exact) mass is 296 g/mol. The van der Waals surface area contributed by atoms with Gasteiger partial charge in [-0.1, -0.05) is 31.5 Å². The third-order valence-electron chi connectivity index (χ3n) is 2.83. The van der Waals surface area contributed by atoms with E-state index in [1.165, 1.54) is 0 Å². The van der Waals surface area contributed by atoms with E-state index >= 15 is 0 Å². The molecular weight excluding hydrogens is 276 g/mol. The van der Waals surface area contributed by atoms with Gasteiger partial charge in [-0.15, -0.1) is 0 Å². The quantitative estimate of drug-likeness (QED) is 0.793. The molecule has 0 aliphatic rings. The summed E-state index contributed by atoms with van der Waals surface area (Å²) in [7, 11) is -1.95. The zero-order chi connectivity index (χ0) is 15.0. The highest BCUT2D eigenvalue weighted by Gasteiger charge is 2.19. The Bertz CT molecular complexity index is 558. The first-order valence-corrected chi connectivity index (χ1v) is 8.14. The highest BCUT2D eigenvalue weighted by Crippen LogP contribution is 2.12. The van der Waals surface area contributed by atoms with Crippen molar-refractivity contribution in [2.75, 3.05) is 13.7 Å². The first-order valence-electron chi connectivity index (χ1n) is 6.49. The molecule has 1 aromatic rings. The molecule has 6 heteroatoms. The van der Waals surface area contributed by atoms with Crippen LogP contribution in [-0.4, -0.2) is 28.2 Å². The molecule has 0 heterocycles. The number of ether oxygens (including phenoxy) is 1. The largest absolute Gasteiger partial charge is 0.383 e. The summed E-state index contributed by atoms with van der Waals surface area (Å²) in [5, 5.41) is 8.98. The third-order valence-corrected chi connectivity index (χ3v) is 4.22.